The monoisotopic (exact) mass is 289 g/mol. The maximum atomic E-state index is 4.39. The van der Waals surface area contributed by atoms with E-state index >= 15 is 0 Å². The van der Waals surface area contributed by atoms with E-state index < -0.39 is 0 Å². The van der Waals surface area contributed by atoms with Crippen LogP contribution in [0.3, 0.4) is 0 Å². The van der Waals surface area contributed by atoms with E-state index in [2.05, 4.69) is 22.2 Å². The summed E-state index contributed by atoms with van der Waals surface area (Å²) < 4.78 is 0. The molecule has 0 aliphatic carbocycles. The van der Waals surface area contributed by atoms with Crippen molar-refractivity contribution in [1.29, 1.82) is 0 Å². The molecule has 1 aliphatic heterocycles. The van der Waals surface area contributed by atoms with Gasteiger partial charge in [-0.15, -0.1) is 5.11 Å². The van der Waals surface area contributed by atoms with Crippen LogP contribution >= 0.6 is 0 Å². The minimum atomic E-state index is 0.830. The number of hydrogen-bond acceptors (Lipinski definition) is 2. The zero-order chi connectivity index (χ0) is 15.0. The fourth-order valence-corrected chi connectivity index (χ4v) is 2.41. The standard InChI is InChI=1S/C19H19N3/c1-3-9-17(10-4-1)13-14-18-11-5-6-12-19(18)20-21-22-15-7-2-8-16-22/h1,3-6,9-12H,2,7-8,15-16H2. The van der Waals surface area contributed by atoms with E-state index in [-0.39, 0.29) is 0 Å². The first-order valence-electron chi connectivity index (χ1n) is 7.74. The van der Waals surface area contributed by atoms with Crippen LogP contribution in [0.15, 0.2) is 64.9 Å². The summed E-state index contributed by atoms with van der Waals surface area (Å²) in [6.07, 6.45) is 3.70. The van der Waals surface area contributed by atoms with Crippen LogP contribution in [0.4, 0.5) is 5.69 Å². The molecule has 2 aromatic carbocycles. The molecule has 1 fully saturated rings. The minimum absolute atomic E-state index is 0.830. The Labute approximate surface area is 131 Å². The van der Waals surface area contributed by atoms with Gasteiger partial charge < -0.3 is 0 Å². The number of hydrogen-bond donors (Lipinski definition) is 0. The van der Waals surface area contributed by atoms with Gasteiger partial charge in [0.15, 0.2) is 0 Å². The lowest BCUT2D eigenvalue weighted by molar-refractivity contribution is 0.224. The smallest absolute Gasteiger partial charge is 0.103 e. The molecule has 2 aromatic rings. The quantitative estimate of drug-likeness (QED) is 0.588. The molecule has 1 heterocycles. The molecule has 3 nitrogen and oxygen atoms in total. The van der Waals surface area contributed by atoms with Crippen molar-refractivity contribution in [3.05, 3.63) is 65.7 Å². The molecular weight excluding hydrogens is 270 g/mol. The first-order chi connectivity index (χ1) is 10.9. The van der Waals surface area contributed by atoms with Crippen LogP contribution in [0.5, 0.6) is 0 Å². The van der Waals surface area contributed by atoms with Gasteiger partial charge in [-0.05, 0) is 43.5 Å². The highest BCUT2D eigenvalue weighted by Gasteiger charge is 2.07. The number of rotatable bonds is 2. The maximum Gasteiger partial charge on any atom is 0.103 e. The molecule has 0 radical (unpaired) electrons. The average Bonchev–Trinajstić information content (AvgIpc) is 2.61. The predicted octanol–water partition coefficient (Wildman–Crippen LogP) is 4.57. The van der Waals surface area contributed by atoms with E-state index in [0.29, 0.717) is 0 Å². The molecule has 0 spiro atoms. The summed E-state index contributed by atoms with van der Waals surface area (Å²) in [5.74, 6) is 6.37. The van der Waals surface area contributed by atoms with Crippen molar-refractivity contribution >= 4 is 5.69 Å². The van der Waals surface area contributed by atoms with Gasteiger partial charge in [-0.2, -0.15) is 0 Å². The Morgan fingerprint density at radius 3 is 2.32 bits per heavy atom. The third-order valence-corrected chi connectivity index (χ3v) is 3.63. The van der Waals surface area contributed by atoms with Gasteiger partial charge in [0.2, 0.25) is 0 Å². The molecule has 0 N–H and O–H groups in total. The molecule has 0 saturated carbocycles. The Bertz CT molecular complexity index is 689. The molecule has 1 aliphatic rings. The molecular formula is C19H19N3. The van der Waals surface area contributed by atoms with Crippen LogP contribution in [-0.4, -0.2) is 18.1 Å². The summed E-state index contributed by atoms with van der Waals surface area (Å²) >= 11 is 0. The zero-order valence-electron chi connectivity index (χ0n) is 12.6. The van der Waals surface area contributed by atoms with Crippen LogP contribution in [-0.2, 0) is 0 Å². The molecule has 3 heteroatoms. The van der Waals surface area contributed by atoms with Gasteiger partial charge >= 0.3 is 0 Å². The second-order valence-electron chi connectivity index (χ2n) is 5.34. The number of piperidine rings is 1. The predicted molar refractivity (Wildman–Crippen MR) is 88.8 cm³/mol. The average molecular weight is 289 g/mol. The second kappa shape index (κ2) is 7.42. The molecule has 0 unspecified atom stereocenters. The summed E-state index contributed by atoms with van der Waals surface area (Å²) in [6.45, 7) is 2.00. The molecule has 3 rings (SSSR count). The van der Waals surface area contributed by atoms with Gasteiger partial charge in [0, 0.05) is 18.7 Å². The van der Waals surface area contributed by atoms with Gasteiger partial charge in [-0.1, -0.05) is 47.4 Å². The van der Waals surface area contributed by atoms with Gasteiger partial charge in [0.05, 0.1) is 5.56 Å². The van der Waals surface area contributed by atoms with E-state index in [9.17, 15) is 0 Å². The highest BCUT2D eigenvalue weighted by atomic mass is 15.5. The van der Waals surface area contributed by atoms with Crippen molar-refractivity contribution in [2.45, 2.75) is 19.3 Å². The van der Waals surface area contributed by atoms with E-state index in [4.69, 9.17) is 0 Å². The summed E-state index contributed by atoms with van der Waals surface area (Å²) in [5, 5.41) is 10.8. The summed E-state index contributed by atoms with van der Waals surface area (Å²) in [6, 6.07) is 17.9. The Morgan fingerprint density at radius 2 is 1.50 bits per heavy atom. The van der Waals surface area contributed by atoms with Crippen LogP contribution in [0.2, 0.25) is 0 Å². The SMILES string of the molecule is C(#Cc1ccccc1N=NN1CCCCC1)c1ccccc1. The largest absolute Gasteiger partial charge is 0.278 e. The fraction of sp³-hybridized carbons (Fsp3) is 0.263. The van der Waals surface area contributed by atoms with Gasteiger partial charge in [0.1, 0.15) is 5.69 Å². The number of benzene rings is 2. The van der Waals surface area contributed by atoms with E-state index in [1.807, 2.05) is 59.6 Å². The van der Waals surface area contributed by atoms with Crippen LogP contribution < -0.4 is 0 Å². The van der Waals surface area contributed by atoms with Crippen molar-refractivity contribution in [3.63, 3.8) is 0 Å². The zero-order valence-corrected chi connectivity index (χ0v) is 12.6. The van der Waals surface area contributed by atoms with Crippen molar-refractivity contribution < 1.29 is 0 Å². The van der Waals surface area contributed by atoms with Crippen molar-refractivity contribution in [3.8, 4) is 11.8 Å². The third-order valence-electron chi connectivity index (χ3n) is 3.63. The van der Waals surface area contributed by atoms with Crippen LogP contribution in [0.1, 0.15) is 30.4 Å². The molecule has 110 valence electrons. The Hall–Kier alpha value is -2.60. The first kappa shape index (κ1) is 14.3. The van der Waals surface area contributed by atoms with Crippen molar-refractivity contribution in [2.24, 2.45) is 10.3 Å². The van der Waals surface area contributed by atoms with E-state index in [1.54, 1.807) is 0 Å². The highest BCUT2D eigenvalue weighted by molar-refractivity contribution is 5.56. The highest BCUT2D eigenvalue weighted by Crippen LogP contribution is 2.19. The maximum absolute atomic E-state index is 4.39. The van der Waals surface area contributed by atoms with Gasteiger partial charge in [0.25, 0.3) is 0 Å². The van der Waals surface area contributed by atoms with Crippen LogP contribution in [0, 0.1) is 11.8 Å². The Kier molecular flexibility index (Phi) is 4.84. The summed E-state index contributed by atoms with van der Waals surface area (Å²) in [7, 11) is 0. The van der Waals surface area contributed by atoms with Crippen molar-refractivity contribution in [1.82, 2.24) is 5.01 Å². The van der Waals surface area contributed by atoms with E-state index in [0.717, 1.165) is 29.9 Å². The normalized spacial score (nSPS) is 14.6. The van der Waals surface area contributed by atoms with Gasteiger partial charge in [-0.25, -0.2) is 0 Å². The van der Waals surface area contributed by atoms with Gasteiger partial charge in [-0.3, -0.25) is 5.01 Å². The topological polar surface area (TPSA) is 28.0 Å². The Morgan fingerprint density at radius 1 is 0.773 bits per heavy atom. The lowest BCUT2D eigenvalue weighted by atomic mass is 10.1. The third kappa shape index (κ3) is 3.95. The molecule has 22 heavy (non-hydrogen) atoms. The first-order valence-corrected chi connectivity index (χ1v) is 7.74. The molecule has 1 saturated heterocycles. The van der Waals surface area contributed by atoms with Crippen molar-refractivity contribution in [2.75, 3.05) is 13.1 Å². The Balaban J connectivity index is 1.78. The molecule has 0 amide bonds. The molecule has 0 aromatic heterocycles. The lowest BCUT2D eigenvalue weighted by Gasteiger charge is -2.21. The van der Waals surface area contributed by atoms with Crippen LogP contribution in [0.25, 0.3) is 0 Å². The molecule has 0 atom stereocenters. The summed E-state index contributed by atoms with van der Waals surface area (Å²) in [5.41, 5.74) is 2.74. The minimum Gasteiger partial charge on any atom is -0.278 e. The second-order valence-corrected chi connectivity index (χ2v) is 5.34. The lowest BCUT2D eigenvalue weighted by Crippen LogP contribution is -2.23. The fourth-order valence-electron chi connectivity index (χ4n) is 2.41. The van der Waals surface area contributed by atoms with E-state index in [1.165, 1.54) is 19.3 Å². The summed E-state index contributed by atoms with van der Waals surface area (Å²) in [4.78, 5) is 0. The number of nitrogens with zero attached hydrogens (tertiary/aromatic N) is 3. The molecule has 0 bridgehead atoms.